The smallest absolute Gasteiger partial charge is 0.279 e. The summed E-state index contributed by atoms with van der Waals surface area (Å²) in [5.41, 5.74) is 0.256. The van der Waals surface area contributed by atoms with Crippen LogP contribution in [0.1, 0.15) is 46.0 Å². The summed E-state index contributed by atoms with van der Waals surface area (Å²) in [5, 5.41) is 3.20. The van der Waals surface area contributed by atoms with Crippen molar-refractivity contribution in [2.75, 3.05) is 33.2 Å². The lowest BCUT2D eigenvalue weighted by molar-refractivity contribution is 0.416. The van der Waals surface area contributed by atoms with Gasteiger partial charge in [0.25, 0.3) is 10.2 Å². The zero-order valence-corrected chi connectivity index (χ0v) is 13.4. The van der Waals surface area contributed by atoms with Crippen molar-refractivity contribution >= 4 is 10.2 Å². The van der Waals surface area contributed by atoms with Gasteiger partial charge in [-0.15, -0.1) is 0 Å². The lowest BCUT2D eigenvalue weighted by Gasteiger charge is -2.20. The van der Waals surface area contributed by atoms with E-state index >= 15 is 0 Å². The molecule has 1 saturated carbocycles. The fourth-order valence-corrected chi connectivity index (χ4v) is 3.38. The first-order chi connectivity index (χ1) is 8.96. The van der Waals surface area contributed by atoms with Gasteiger partial charge >= 0.3 is 0 Å². The van der Waals surface area contributed by atoms with Gasteiger partial charge in [-0.1, -0.05) is 20.3 Å². The predicted octanol–water partition coefficient (Wildman–Crippen LogP) is 1.33. The molecule has 0 saturated heterocycles. The number of hydrogen-bond donors (Lipinski definition) is 2. The Labute approximate surface area is 118 Å². The van der Waals surface area contributed by atoms with Crippen molar-refractivity contribution in [2.24, 2.45) is 5.41 Å². The maximum absolute atomic E-state index is 12.1. The molecule has 0 aliphatic heterocycles. The maximum atomic E-state index is 12.1. The van der Waals surface area contributed by atoms with Gasteiger partial charge in [-0.25, -0.2) is 4.72 Å². The fraction of sp³-hybridized carbons (Fsp3) is 1.00. The van der Waals surface area contributed by atoms with Crippen molar-refractivity contribution in [2.45, 2.75) is 46.0 Å². The first kappa shape index (κ1) is 16.9. The van der Waals surface area contributed by atoms with Crippen molar-refractivity contribution in [1.82, 2.24) is 14.3 Å². The minimum Gasteiger partial charge on any atom is -0.317 e. The Morgan fingerprint density at radius 3 is 2.47 bits per heavy atom. The molecule has 0 radical (unpaired) electrons. The van der Waals surface area contributed by atoms with E-state index in [1.807, 2.05) is 6.92 Å². The van der Waals surface area contributed by atoms with Crippen LogP contribution in [0.4, 0.5) is 0 Å². The molecule has 0 amide bonds. The third-order valence-corrected chi connectivity index (χ3v) is 5.37. The van der Waals surface area contributed by atoms with E-state index in [0.29, 0.717) is 13.1 Å². The highest BCUT2D eigenvalue weighted by Crippen LogP contribution is 2.49. The zero-order valence-electron chi connectivity index (χ0n) is 12.5. The lowest BCUT2D eigenvalue weighted by Crippen LogP contribution is -2.41. The number of nitrogens with zero attached hydrogens (tertiary/aromatic N) is 1. The summed E-state index contributed by atoms with van der Waals surface area (Å²) < 4.78 is 28.3. The Morgan fingerprint density at radius 2 is 1.95 bits per heavy atom. The average molecular weight is 291 g/mol. The summed E-state index contributed by atoms with van der Waals surface area (Å²) >= 11 is 0. The van der Waals surface area contributed by atoms with Gasteiger partial charge < -0.3 is 5.32 Å². The van der Waals surface area contributed by atoms with Gasteiger partial charge in [-0.05, 0) is 44.2 Å². The minimum absolute atomic E-state index is 0.256. The second-order valence-electron chi connectivity index (χ2n) is 5.60. The molecule has 0 aromatic heterocycles. The summed E-state index contributed by atoms with van der Waals surface area (Å²) in [5.74, 6) is 0. The Balaban J connectivity index is 2.30. The molecule has 0 unspecified atom stereocenters. The molecule has 1 aliphatic rings. The zero-order chi connectivity index (χ0) is 14.4. The van der Waals surface area contributed by atoms with Crippen molar-refractivity contribution in [1.29, 1.82) is 0 Å². The van der Waals surface area contributed by atoms with Gasteiger partial charge in [-0.3, -0.25) is 0 Å². The van der Waals surface area contributed by atoms with Gasteiger partial charge in [0, 0.05) is 20.1 Å². The second kappa shape index (κ2) is 7.57. The van der Waals surface area contributed by atoms with Crippen LogP contribution in [-0.4, -0.2) is 45.9 Å². The van der Waals surface area contributed by atoms with Crippen LogP contribution in [0.25, 0.3) is 0 Å². The molecular formula is C13H29N3O2S. The van der Waals surface area contributed by atoms with E-state index in [9.17, 15) is 8.42 Å². The SMILES string of the molecule is CCCC1(CNS(=O)(=O)N(C)CCCNCC)CC1. The van der Waals surface area contributed by atoms with Crippen LogP contribution in [-0.2, 0) is 10.2 Å². The summed E-state index contributed by atoms with van der Waals surface area (Å²) in [6, 6.07) is 0. The third kappa shape index (κ3) is 5.77. The first-order valence-electron chi connectivity index (χ1n) is 7.37. The van der Waals surface area contributed by atoms with Crippen LogP contribution in [0.3, 0.4) is 0 Å². The Hall–Kier alpha value is -0.170. The summed E-state index contributed by atoms with van der Waals surface area (Å²) in [6.45, 7) is 7.14. The van der Waals surface area contributed by atoms with Gasteiger partial charge in [-0.2, -0.15) is 12.7 Å². The highest BCUT2D eigenvalue weighted by atomic mass is 32.2. The highest BCUT2D eigenvalue weighted by Gasteiger charge is 2.42. The van der Waals surface area contributed by atoms with E-state index in [2.05, 4.69) is 17.0 Å². The molecule has 1 fully saturated rings. The molecule has 0 spiro atoms. The van der Waals surface area contributed by atoms with E-state index in [0.717, 1.165) is 45.2 Å². The lowest BCUT2D eigenvalue weighted by atomic mass is 10.0. The molecule has 0 aromatic rings. The molecule has 0 atom stereocenters. The van der Waals surface area contributed by atoms with Crippen LogP contribution in [0.15, 0.2) is 0 Å². The van der Waals surface area contributed by atoms with E-state index in [1.165, 1.54) is 4.31 Å². The number of hydrogen-bond acceptors (Lipinski definition) is 3. The molecule has 5 nitrogen and oxygen atoms in total. The van der Waals surface area contributed by atoms with E-state index in [1.54, 1.807) is 7.05 Å². The second-order valence-corrected chi connectivity index (χ2v) is 7.47. The molecule has 19 heavy (non-hydrogen) atoms. The molecule has 0 heterocycles. The van der Waals surface area contributed by atoms with Crippen LogP contribution in [0.2, 0.25) is 0 Å². The number of nitrogens with one attached hydrogen (secondary N) is 2. The van der Waals surface area contributed by atoms with E-state index in [4.69, 9.17) is 0 Å². The molecule has 0 bridgehead atoms. The van der Waals surface area contributed by atoms with Crippen molar-refractivity contribution < 1.29 is 8.42 Å². The standard InChI is InChI=1S/C13H29N3O2S/c1-4-7-13(8-9-13)12-15-19(17,18)16(3)11-6-10-14-5-2/h14-15H,4-12H2,1-3H3. The average Bonchev–Trinajstić information content (AvgIpc) is 3.13. The van der Waals surface area contributed by atoms with Crippen LogP contribution in [0.5, 0.6) is 0 Å². The monoisotopic (exact) mass is 291 g/mol. The third-order valence-electron chi connectivity index (χ3n) is 3.85. The van der Waals surface area contributed by atoms with Crippen molar-refractivity contribution in [3.63, 3.8) is 0 Å². The van der Waals surface area contributed by atoms with Crippen LogP contribution in [0, 0.1) is 5.41 Å². The predicted molar refractivity (Wildman–Crippen MR) is 79.3 cm³/mol. The van der Waals surface area contributed by atoms with Crippen molar-refractivity contribution in [3.05, 3.63) is 0 Å². The largest absolute Gasteiger partial charge is 0.317 e. The van der Waals surface area contributed by atoms with Gasteiger partial charge in [0.15, 0.2) is 0 Å². The molecular weight excluding hydrogens is 262 g/mol. The van der Waals surface area contributed by atoms with E-state index < -0.39 is 10.2 Å². The summed E-state index contributed by atoms with van der Waals surface area (Å²) in [7, 11) is -1.66. The van der Waals surface area contributed by atoms with Gasteiger partial charge in [0.05, 0.1) is 0 Å². The molecule has 1 rings (SSSR count). The van der Waals surface area contributed by atoms with E-state index in [-0.39, 0.29) is 5.41 Å². The molecule has 114 valence electrons. The normalized spacial score (nSPS) is 17.9. The van der Waals surface area contributed by atoms with Crippen LogP contribution >= 0.6 is 0 Å². The number of rotatable bonds is 11. The fourth-order valence-electron chi connectivity index (χ4n) is 2.30. The van der Waals surface area contributed by atoms with Gasteiger partial charge in [0.2, 0.25) is 0 Å². The molecule has 6 heteroatoms. The Bertz CT molecular complexity index is 353. The topological polar surface area (TPSA) is 61.4 Å². The Morgan fingerprint density at radius 1 is 1.26 bits per heavy atom. The highest BCUT2D eigenvalue weighted by molar-refractivity contribution is 7.87. The molecule has 2 N–H and O–H groups in total. The minimum atomic E-state index is -3.30. The summed E-state index contributed by atoms with van der Waals surface area (Å²) in [6.07, 6.45) is 5.41. The Kier molecular flexibility index (Phi) is 6.73. The maximum Gasteiger partial charge on any atom is 0.279 e. The quantitative estimate of drug-likeness (QED) is 0.565. The summed E-state index contributed by atoms with van der Waals surface area (Å²) in [4.78, 5) is 0. The van der Waals surface area contributed by atoms with Crippen molar-refractivity contribution in [3.8, 4) is 0 Å². The van der Waals surface area contributed by atoms with Gasteiger partial charge in [0.1, 0.15) is 0 Å². The molecule has 1 aliphatic carbocycles. The molecule has 0 aromatic carbocycles. The van der Waals surface area contributed by atoms with Crippen LogP contribution < -0.4 is 10.0 Å². The first-order valence-corrected chi connectivity index (χ1v) is 8.81.